The van der Waals surface area contributed by atoms with Gasteiger partial charge in [0.15, 0.2) is 11.4 Å². The smallest absolute Gasteiger partial charge is 0.393 e. The fourth-order valence-corrected chi connectivity index (χ4v) is 6.20. The Morgan fingerprint density at radius 1 is 1.05 bits per heavy atom. The van der Waals surface area contributed by atoms with E-state index in [0.717, 1.165) is 33.4 Å². The van der Waals surface area contributed by atoms with Crippen LogP contribution in [0.15, 0.2) is 76.5 Å². The number of carbonyl (C=O) groups is 1. The molecule has 0 radical (unpaired) electrons. The van der Waals surface area contributed by atoms with Gasteiger partial charge in [-0.05, 0) is 91.9 Å². The summed E-state index contributed by atoms with van der Waals surface area (Å²) in [5, 5.41) is 3.79. The van der Waals surface area contributed by atoms with Crippen molar-refractivity contribution < 1.29 is 17.9 Å². The summed E-state index contributed by atoms with van der Waals surface area (Å²) in [6.07, 6.45) is 2.72. The topological polar surface area (TPSA) is 49.4 Å². The SMILES string of the molecule is CCC1=C(C)C2=C(c3ccccc3)c3c(C)c(CC)c(C)n3[B-](F)(F)[N+]2=C1/C=N/Nc1ccc(C(=O)Cl)cc1. The molecule has 2 aromatic carbocycles. The summed E-state index contributed by atoms with van der Waals surface area (Å²) >= 11 is 5.53. The van der Waals surface area contributed by atoms with Gasteiger partial charge >= 0.3 is 6.97 Å². The van der Waals surface area contributed by atoms with Crippen LogP contribution in [0.2, 0.25) is 0 Å². The van der Waals surface area contributed by atoms with Gasteiger partial charge in [0.2, 0.25) is 0 Å². The molecule has 200 valence electrons. The van der Waals surface area contributed by atoms with E-state index < -0.39 is 12.2 Å². The molecule has 0 fully saturated rings. The molecule has 1 N–H and O–H groups in total. The Morgan fingerprint density at radius 3 is 2.31 bits per heavy atom. The molecule has 2 aliphatic heterocycles. The van der Waals surface area contributed by atoms with Crippen molar-refractivity contribution in [3.63, 3.8) is 0 Å². The van der Waals surface area contributed by atoms with Crippen molar-refractivity contribution in [3.05, 3.63) is 105 Å². The van der Waals surface area contributed by atoms with Crippen molar-refractivity contribution in [3.8, 4) is 0 Å². The van der Waals surface area contributed by atoms with Gasteiger partial charge in [-0.3, -0.25) is 10.2 Å². The summed E-state index contributed by atoms with van der Waals surface area (Å²) in [5.74, 6) is 0. The molecule has 0 amide bonds. The van der Waals surface area contributed by atoms with Gasteiger partial charge in [-0.15, -0.1) is 0 Å². The molecule has 39 heavy (non-hydrogen) atoms. The van der Waals surface area contributed by atoms with Gasteiger partial charge in [-0.1, -0.05) is 44.2 Å². The second kappa shape index (κ2) is 10.1. The Morgan fingerprint density at radius 2 is 1.72 bits per heavy atom. The highest BCUT2D eigenvalue weighted by atomic mass is 35.5. The summed E-state index contributed by atoms with van der Waals surface area (Å²) in [7, 11) is 0. The van der Waals surface area contributed by atoms with Crippen LogP contribution in [0.1, 0.15) is 65.6 Å². The fraction of sp³-hybridized carbons (Fsp3) is 0.233. The van der Waals surface area contributed by atoms with E-state index in [1.165, 1.54) is 15.2 Å². The van der Waals surface area contributed by atoms with E-state index in [9.17, 15) is 4.79 Å². The predicted octanol–water partition coefficient (Wildman–Crippen LogP) is 7.33. The van der Waals surface area contributed by atoms with E-state index in [1.807, 2.05) is 58.0 Å². The maximum atomic E-state index is 16.8. The van der Waals surface area contributed by atoms with Crippen LogP contribution in [-0.4, -0.2) is 33.1 Å². The zero-order chi connectivity index (χ0) is 28.1. The van der Waals surface area contributed by atoms with Crippen LogP contribution in [0.5, 0.6) is 0 Å². The second-order valence-corrected chi connectivity index (χ2v) is 10.2. The summed E-state index contributed by atoms with van der Waals surface area (Å²) in [5.41, 5.74) is 11.2. The zero-order valence-electron chi connectivity index (χ0n) is 22.6. The van der Waals surface area contributed by atoms with Crippen LogP contribution >= 0.6 is 11.6 Å². The number of rotatable bonds is 7. The van der Waals surface area contributed by atoms with Crippen LogP contribution < -0.4 is 5.43 Å². The number of halogens is 3. The van der Waals surface area contributed by atoms with Gasteiger partial charge in [-0.2, -0.15) is 5.10 Å². The number of fused-ring (bicyclic) bond motifs is 2. The first kappa shape index (κ1) is 26.8. The van der Waals surface area contributed by atoms with Crippen molar-refractivity contribution in [1.29, 1.82) is 0 Å². The third-order valence-electron chi connectivity index (χ3n) is 7.82. The molecule has 5 rings (SSSR count). The highest BCUT2D eigenvalue weighted by Gasteiger charge is 2.57. The first-order valence-electron chi connectivity index (χ1n) is 13.1. The standard InChI is InChI=1S/C30H30BClF2N4O/c1-6-24-18(3)28-27(21-11-9-8-10-12-21)29-19(4)25(7-2)26(38(29)31(33,34)37(28)20(24)5)17-35-36-23-15-13-22(14-16-23)30(32)39/h8-17,36H,6-7H2,1-5H3/b35-17+. The molecular formula is C30H30BClF2N4O. The highest BCUT2D eigenvalue weighted by Crippen LogP contribution is 2.46. The number of benzene rings is 2. The minimum atomic E-state index is -4.21. The maximum absolute atomic E-state index is 16.8. The molecule has 0 spiro atoms. The average molecular weight is 547 g/mol. The molecule has 3 aromatic rings. The number of nitrogens with zero attached hydrogens (tertiary/aromatic N) is 3. The molecule has 2 aliphatic rings. The lowest BCUT2D eigenvalue weighted by Crippen LogP contribution is -2.52. The number of hydrazone groups is 1. The van der Waals surface area contributed by atoms with Crippen molar-refractivity contribution >= 4 is 47.0 Å². The Balaban J connectivity index is 1.74. The summed E-state index contributed by atoms with van der Waals surface area (Å²) < 4.78 is 36.0. The van der Waals surface area contributed by atoms with Crippen LogP contribution in [-0.2, 0) is 6.42 Å². The highest BCUT2D eigenvalue weighted by molar-refractivity contribution is 6.67. The zero-order valence-corrected chi connectivity index (χ0v) is 23.4. The van der Waals surface area contributed by atoms with Gasteiger partial charge in [0.1, 0.15) is 6.21 Å². The minimum Gasteiger partial charge on any atom is -0.393 e. The molecule has 0 saturated heterocycles. The number of anilines is 1. The molecular weight excluding hydrogens is 517 g/mol. The maximum Gasteiger partial charge on any atom is 0.737 e. The van der Waals surface area contributed by atoms with Crippen molar-refractivity contribution in [2.75, 3.05) is 5.43 Å². The van der Waals surface area contributed by atoms with Crippen LogP contribution in [0.25, 0.3) is 5.57 Å². The monoisotopic (exact) mass is 546 g/mol. The molecule has 0 atom stereocenters. The fourth-order valence-electron chi connectivity index (χ4n) is 6.07. The first-order chi connectivity index (χ1) is 18.6. The molecule has 3 heterocycles. The van der Waals surface area contributed by atoms with Crippen molar-refractivity contribution in [2.45, 2.75) is 47.5 Å². The van der Waals surface area contributed by atoms with E-state index >= 15 is 8.63 Å². The molecule has 5 nitrogen and oxygen atoms in total. The normalized spacial score (nSPS) is 16.3. The molecule has 9 heteroatoms. The largest absolute Gasteiger partial charge is 0.737 e. The predicted molar refractivity (Wildman–Crippen MR) is 156 cm³/mol. The molecule has 0 aliphatic carbocycles. The molecule has 0 saturated carbocycles. The van der Waals surface area contributed by atoms with E-state index in [2.05, 4.69) is 10.5 Å². The number of allylic oxidation sites excluding steroid dienone is 2. The number of hydrogen-bond donors (Lipinski definition) is 1. The van der Waals surface area contributed by atoms with Crippen molar-refractivity contribution in [1.82, 2.24) is 4.48 Å². The van der Waals surface area contributed by atoms with E-state index in [0.29, 0.717) is 46.9 Å². The van der Waals surface area contributed by atoms with Crippen LogP contribution in [0.4, 0.5) is 14.3 Å². The van der Waals surface area contributed by atoms with E-state index in [1.54, 1.807) is 31.2 Å². The number of hydrogen-bond acceptors (Lipinski definition) is 3. The lowest BCUT2D eigenvalue weighted by molar-refractivity contribution is -0.361. The van der Waals surface area contributed by atoms with Gasteiger partial charge in [-0.25, -0.2) is 0 Å². The van der Waals surface area contributed by atoms with Crippen molar-refractivity contribution in [2.24, 2.45) is 5.10 Å². The Hall–Kier alpha value is -3.78. The van der Waals surface area contributed by atoms with Crippen LogP contribution in [0, 0.1) is 13.8 Å². The summed E-state index contributed by atoms with van der Waals surface area (Å²) in [6, 6.07) is 16.3. The van der Waals surface area contributed by atoms with Gasteiger partial charge in [0.25, 0.3) is 5.24 Å². The number of nitrogens with one attached hydrogen (secondary N) is 1. The quantitative estimate of drug-likeness (QED) is 0.146. The number of carbonyl (C=O) groups excluding carboxylic acids is 1. The van der Waals surface area contributed by atoms with Crippen LogP contribution in [0.3, 0.4) is 0 Å². The average Bonchev–Trinajstić information content (AvgIpc) is 3.35. The molecule has 0 bridgehead atoms. The van der Waals surface area contributed by atoms with Gasteiger partial charge in [0.05, 0.1) is 11.3 Å². The van der Waals surface area contributed by atoms with E-state index in [-0.39, 0.29) is 0 Å². The third-order valence-corrected chi connectivity index (χ3v) is 8.04. The molecule has 0 unspecified atom stereocenters. The Kier molecular flexibility index (Phi) is 6.93. The summed E-state index contributed by atoms with van der Waals surface area (Å²) in [6.45, 7) is 5.44. The second-order valence-electron chi connectivity index (χ2n) is 9.87. The first-order valence-corrected chi connectivity index (χ1v) is 13.5. The Bertz CT molecular complexity index is 1620. The van der Waals surface area contributed by atoms with Gasteiger partial charge < -0.3 is 17.6 Å². The Labute approximate surface area is 232 Å². The van der Waals surface area contributed by atoms with E-state index in [4.69, 9.17) is 11.6 Å². The lowest BCUT2D eigenvalue weighted by Gasteiger charge is -2.34. The van der Waals surface area contributed by atoms with Gasteiger partial charge in [0, 0.05) is 22.4 Å². The number of aromatic nitrogens is 1. The lowest BCUT2D eigenvalue weighted by atomic mass is 9.83. The molecule has 1 aromatic heterocycles. The summed E-state index contributed by atoms with van der Waals surface area (Å²) in [4.78, 5) is 11.3. The third kappa shape index (κ3) is 4.18. The minimum absolute atomic E-state index is 0.363.